The van der Waals surface area contributed by atoms with Gasteiger partial charge >= 0.3 is 5.29 Å². The van der Waals surface area contributed by atoms with Crippen LogP contribution in [0.3, 0.4) is 0 Å². The summed E-state index contributed by atoms with van der Waals surface area (Å²) in [6.45, 7) is 12.4. The van der Waals surface area contributed by atoms with Gasteiger partial charge in [0.05, 0.1) is 26.2 Å². The van der Waals surface area contributed by atoms with Crippen LogP contribution >= 0.6 is 11.6 Å². The van der Waals surface area contributed by atoms with Crippen LogP contribution < -0.4 is 0 Å². The summed E-state index contributed by atoms with van der Waals surface area (Å²) in [7, 11) is 0. The average molecular weight is 192 g/mol. The second-order valence-corrected chi connectivity index (χ2v) is 2.95. The highest BCUT2D eigenvalue weighted by Crippen LogP contribution is 1.96. The molecule has 0 aliphatic rings. The maximum Gasteiger partial charge on any atom is 0.344 e. The van der Waals surface area contributed by atoms with Gasteiger partial charge < -0.3 is 0 Å². The van der Waals surface area contributed by atoms with Crippen molar-refractivity contribution in [1.82, 2.24) is 4.90 Å². The highest BCUT2D eigenvalue weighted by Gasteiger charge is 2.14. The van der Waals surface area contributed by atoms with E-state index in [1.165, 1.54) is 0 Å². The van der Waals surface area contributed by atoms with Crippen molar-refractivity contribution in [1.29, 1.82) is 0 Å². The first-order valence-electron chi connectivity index (χ1n) is 4.73. The molecule has 0 saturated carbocycles. The molecule has 3 heteroatoms. The van der Waals surface area contributed by atoms with Crippen LogP contribution in [0.2, 0.25) is 0 Å². The lowest BCUT2D eigenvalue weighted by Crippen LogP contribution is -2.34. The molecule has 0 aromatic rings. The quantitative estimate of drug-likeness (QED) is 0.285. The first-order chi connectivity index (χ1) is 5.71. The first kappa shape index (κ1) is 11.8. The lowest BCUT2D eigenvalue weighted by atomic mass is 10.5. The maximum atomic E-state index is 6.18. The molecule has 0 aromatic carbocycles. The molecule has 2 nitrogen and oxygen atoms in total. The summed E-state index contributed by atoms with van der Waals surface area (Å²) in [4.78, 5) is 2.16. The molecule has 0 aromatic heterocycles. The highest BCUT2D eigenvalue weighted by molar-refractivity contribution is 6.63. The van der Waals surface area contributed by atoms with Crippen molar-refractivity contribution >= 4 is 16.9 Å². The van der Waals surface area contributed by atoms with E-state index in [1.54, 1.807) is 0 Å². The van der Waals surface area contributed by atoms with E-state index in [0.29, 0.717) is 0 Å². The number of hydrogen-bond donors (Lipinski definition) is 0. The van der Waals surface area contributed by atoms with Crippen molar-refractivity contribution in [2.75, 3.05) is 26.2 Å². The van der Waals surface area contributed by atoms with E-state index in [0.717, 1.165) is 31.5 Å². The second-order valence-electron chi connectivity index (χ2n) is 2.61. The highest BCUT2D eigenvalue weighted by atomic mass is 35.5. The van der Waals surface area contributed by atoms with Crippen molar-refractivity contribution < 1.29 is 4.58 Å². The van der Waals surface area contributed by atoms with E-state index >= 15 is 0 Å². The van der Waals surface area contributed by atoms with E-state index in [1.807, 2.05) is 0 Å². The summed E-state index contributed by atoms with van der Waals surface area (Å²) in [6, 6.07) is 0. The molecular weight excluding hydrogens is 172 g/mol. The maximum absolute atomic E-state index is 6.18. The Morgan fingerprint density at radius 3 is 1.75 bits per heavy atom. The predicted octanol–water partition coefficient (Wildman–Crippen LogP) is 1.98. The van der Waals surface area contributed by atoms with Gasteiger partial charge in [-0.25, -0.2) is 0 Å². The lowest BCUT2D eigenvalue weighted by molar-refractivity contribution is -0.523. The Bertz CT molecular complexity index is 145. The predicted molar refractivity (Wildman–Crippen MR) is 55.1 cm³/mol. The van der Waals surface area contributed by atoms with Crippen molar-refractivity contribution in [3.8, 4) is 0 Å². The number of nitrogens with zero attached hydrogens (tertiary/aromatic N) is 2. The van der Waals surface area contributed by atoms with Crippen LogP contribution in [0.15, 0.2) is 0 Å². The van der Waals surface area contributed by atoms with E-state index in [2.05, 4.69) is 37.2 Å². The van der Waals surface area contributed by atoms with Gasteiger partial charge in [0.1, 0.15) is 0 Å². The zero-order chi connectivity index (χ0) is 9.56. The third-order valence-electron chi connectivity index (χ3n) is 2.05. The summed E-state index contributed by atoms with van der Waals surface area (Å²) in [5, 5.41) is 0.880. The molecule has 0 bridgehead atoms. The molecule has 0 radical (unpaired) electrons. The summed E-state index contributed by atoms with van der Waals surface area (Å²) in [5.41, 5.74) is 0. The molecule has 0 heterocycles. The van der Waals surface area contributed by atoms with Gasteiger partial charge in [-0.3, -0.25) is 9.48 Å². The zero-order valence-electron chi connectivity index (χ0n) is 8.60. The molecule has 72 valence electrons. The van der Waals surface area contributed by atoms with Crippen molar-refractivity contribution in [2.24, 2.45) is 0 Å². The third-order valence-corrected chi connectivity index (χ3v) is 2.53. The van der Waals surface area contributed by atoms with Crippen LogP contribution in [-0.4, -0.2) is 40.9 Å². The summed E-state index contributed by atoms with van der Waals surface area (Å²) < 4.78 is 2.16. The number of hydrogen-bond acceptors (Lipinski definition) is 0. The molecule has 0 N–H and O–H groups in total. The Hall–Kier alpha value is -0.240. The Labute approximate surface area is 80.8 Å². The van der Waals surface area contributed by atoms with Crippen LogP contribution in [-0.2, 0) is 0 Å². The van der Waals surface area contributed by atoms with Gasteiger partial charge in [-0.2, -0.15) is 0 Å². The van der Waals surface area contributed by atoms with E-state index in [-0.39, 0.29) is 0 Å². The molecule has 0 aliphatic heterocycles. The molecule has 0 aliphatic carbocycles. The van der Waals surface area contributed by atoms with E-state index in [9.17, 15) is 0 Å². The normalized spacial score (nSPS) is 9.75. The van der Waals surface area contributed by atoms with Gasteiger partial charge in [0.2, 0.25) is 0 Å². The SMILES string of the molecule is CCN(CC)C(Cl)=[N+](CC)CC. The molecule has 0 unspecified atom stereocenters. The van der Waals surface area contributed by atoms with E-state index < -0.39 is 0 Å². The van der Waals surface area contributed by atoms with Crippen LogP contribution in [0.25, 0.3) is 0 Å². The summed E-state index contributed by atoms with van der Waals surface area (Å²) >= 11 is 6.18. The molecule has 12 heavy (non-hydrogen) atoms. The Morgan fingerprint density at radius 2 is 1.50 bits per heavy atom. The van der Waals surface area contributed by atoms with Crippen molar-refractivity contribution in [3.63, 3.8) is 0 Å². The monoisotopic (exact) mass is 191 g/mol. The largest absolute Gasteiger partial charge is 0.344 e. The molecule has 0 rings (SSSR count). The smallest absolute Gasteiger partial charge is 0.252 e. The Balaban J connectivity index is 4.46. The van der Waals surface area contributed by atoms with Crippen molar-refractivity contribution in [2.45, 2.75) is 27.7 Å². The summed E-state index contributed by atoms with van der Waals surface area (Å²) in [5.74, 6) is 0. The van der Waals surface area contributed by atoms with Gasteiger partial charge in [0.25, 0.3) is 0 Å². The van der Waals surface area contributed by atoms with Gasteiger partial charge in [0.15, 0.2) is 0 Å². The lowest BCUT2D eigenvalue weighted by Gasteiger charge is -2.14. The molecule has 0 fully saturated rings. The van der Waals surface area contributed by atoms with Gasteiger partial charge in [-0.15, -0.1) is 0 Å². The standard InChI is InChI=1S/C9H20ClN2/c1-5-11(6-2)9(10)12(7-3)8-4/h5-8H2,1-4H3/q+1. The minimum atomic E-state index is 0.880. The van der Waals surface area contributed by atoms with Crippen molar-refractivity contribution in [3.05, 3.63) is 0 Å². The molecule has 0 saturated heterocycles. The van der Waals surface area contributed by atoms with Gasteiger partial charge in [-0.05, 0) is 27.7 Å². The number of rotatable bonds is 4. The number of halogens is 1. The first-order valence-corrected chi connectivity index (χ1v) is 5.11. The minimum Gasteiger partial charge on any atom is -0.252 e. The molecular formula is C9H20ClN2+. The third kappa shape index (κ3) is 3.02. The van der Waals surface area contributed by atoms with E-state index in [4.69, 9.17) is 11.6 Å². The van der Waals surface area contributed by atoms with Gasteiger partial charge in [0, 0.05) is 11.6 Å². The van der Waals surface area contributed by atoms with Gasteiger partial charge in [-0.1, -0.05) is 0 Å². The fourth-order valence-corrected chi connectivity index (χ4v) is 1.65. The fraction of sp³-hybridized carbons (Fsp3) is 0.889. The average Bonchev–Trinajstić information content (AvgIpc) is 2.09. The van der Waals surface area contributed by atoms with Crippen LogP contribution in [0, 0.1) is 0 Å². The Kier molecular flexibility index (Phi) is 6.17. The zero-order valence-corrected chi connectivity index (χ0v) is 9.36. The fourth-order valence-electron chi connectivity index (χ4n) is 1.17. The molecule has 0 atom stereocenters. The summed E-state index contributed by atoms with van der Waals surface area (Å²) in [6.07, 6.45) is 0. The van der Waals surface area contributed by atoms with Crippen LogP contribution in [0.1, 0.15) is 27.7 Å². The number of amidine groups is 1. The van der Waals surface area contributed by atoms with Crippen LogP contribution in [0.4, 0.5) is 0 Å². The molecule has 0 spiro atoms. The second kappa shape index (κ2) is 6.30. The Morgan fingerprint density at radius 1 is 1.08 bits per heavy atom. The topological polar surface area (TPSA) is 6.25 Å². The molecule has 0 amide bonds. The van der Waals surface area contributed by atoms with Crippen LogP contribution in [0.5, 0.6) is 0 Å². The minimum absolute atomic E-state index is 0.880.